The highest BCUT2D eigenvalue weighted by Gasteiger charge is 1.98. The number of rotatable bonds is 12. The average molecular weight is 228 g/mol. The minimum absolute atomic E-state index is 0.371. The van der Waals surface area contributed by atoms with Gasteiger partial charge in [-0.05, 0) is 12.3 Å². The van der Waals surface area contributed by atoms with Crippen LogP contribution in [-0.4, -0.2) is 11.7 Å². The second-order valence-electron chi connectivity index (χ2n) is 5.21. The smallest absolute Gasteiger partial charge is 0.0431 e. The Morgan fingerprint density at radius 1 is 0.750 bits per heavy atom. The van der Waals surface area contributed by atoms with E-state index in [1.54, 1.807) is 0 Å². The first-order valence-electron chi connectivity index (χ1n) is 7.42. The Morgan fingerprint density at radius 3 is 1.62 bits per heavy atom. The van der Waals surface area contributed by atoms with Crippen LogP contribution in [0.5, 0.6) is 0 Å². The average Bonchev–Trinajstić information content (AvgIpc) is 2.31. The molecule has 0 amide bonds. The molecule has 0 aromatic carbocycles. The summed E-state index contributed by atoms with van der Waals surface area (Å²) in [7, 11) is 0. The topological polar surface area (TPSA) is 20.2 Å². The Bertz CT molecular complexity index is 123. The van der Waals surface area contributed by atoms with Gasteiger partial charge in [0.05, 0.1) is 0 Å². The zero-order valence-corrected chi connectivity index (χ0v) is 11.5. The first-order valence-corrected chi connectivity index (χ1v) is 7.42. The maximum atomic E-state index is 8.63. The van der Waals surface area contributed by atoms with Gasteiger partial charge in [-0.1, -0.05) is 78.1 Å². The summed E-state index contributed by atoms with van der Waals surface area (Å²) in [6, 6.07) is 0. The third-order valence-corrected chi connectivity index (χ3v) is 3.55. The standard InChI is InChI=1S/C15H32O/c1-3-15(2)13-11-9-7-5-4-6-8-10-12-14-16/h15-16H,3-14H2,1-2H3/t15-/m1/s1. The van der Waals surface area contributed by atoms with Gasteiger partial charge in [0.2, 0.25) is 0 Å². The highest BCUT2D eigenvalue weighted by atomic mass is 16.2. The first-order chi connectivity index (χ1) is 7.81. The van der Waals surface area contributed by atoms with Gasteiger partial charge >= 0.3 is 0 Å². The minimum Gasteiger partial charge on any atom is -0.396 e. The van der Waals surface area contributed by atoms with E-state index in [0.29, 0.717) is 6.61 Å². The van der Waals surface area contributed by atoms with Gasteiger partial charge in [-0.15, -0.1) is 0 Å². The molecule has 0 aromatic rings. The van der Waals surface area contributed by atoms with Gasteiger partial charge in [-0.2, -0.15) is 0 Å². The number of aliphatic hydroxyl groups is 1. The lowest BCUT2D eigenvalue weighted by Gasteiger charge is -2.07. The largest absolute Gasteiger partial charge is 0.396 e. The molecule has 0 rings (SSSR count). The van der Waals surface area contributed by atoms with Crippen molar-refractivity contribution in [3.63, 3.8) is 0 Å². The molecule has 0 saturated heterocycles. The van der Waals surface area contributed by atoms with Crippen molar-refractivity contribution >= 4 is 0 Å². The van der Waals surface area contributed by atoms with E-state index in [-0.39, 0.29) is 0 Å². The van der Waals surface area contributed by atoms with Gasteiger partial charge in [0.25, 0.3) is 0 Å². The van der Waals surface area contributed by atoms with Crippen molar-refractivity contribution in [1.29, 1.82) is 0 Å². The molecule has 0 aromatic heterocycles. The molecule has 1 heteroatoms. The first kappa shape index (κ1) is 16.0. The van der Waals surface area contributed by atoms with Crippen molar-refractivity contribution in [2.45, 2.75) is 84.5 Å². The Kier molecular flexibility index (Phi) is 13.0. The molecule has 0 spiro atoms. The lowest BCUT2D eigenvalue weighted by molar-refractivity contribution is 0.282. The van der Waals surface area contributed by atoms with Crippen molar-refractivity contribution in [1.82, 2.24) is 0 Å². The fourth-order valence-corrected chi connectivity index (χ4v) is 2.05. The minimum atomic E-state index is 0.371. The fraction of sp³-hybridized carbons (Fsp3) is 1.00. The van der Waals surface area contributed by atoms with E-state index in [1.165, 1.54) is 64.2 Å². The summed E-state index contributed by atoms with van der Waals surface area (Å²) in [5.74, 6) is 0.929. The summed E-state index contributed by atoms with van der Waals surface area (Å²) >= 11 is 0. The molecule has 1 N–H and O–H groups in total. The molecular weight excluding hydrogens is 196 g/mol. The van der Waals surface area contributed by atoms with Gasteiger partial charge in [0.1, 0.15) is 0 Å². The Balaban J connectivity index is 2.93. The molecule has 0 heterocycles. The van der Waals surface area contributed by atoms with E-state index >= 15 is 0 Å². The second-order valence-corrected chi connectivity index (χ2v) is 5.21. The third-order valence-electron chi connectivity index (χ3n) is 3.55. The van der Waals surface area contributed by atoms with Crippen molar-refractivity contribution in [3.8, 4) is 0 Å². The van der Waals surface area contributed by atoms with Crippen LogP contribution in [0, 0.1) is 5.92 Å². The number of hydrogen-bond acceptors (Lipinski definition) is 1. The summed E-state index contributed by atoms with van der Waals surface area (Å²) in [6.45, 7) is 5.02. The number of hydrogen-bond donors (Lipinski definition) is 1. The summed E-state index contributed by atoms with van der Waals surface area (Å²) in [6.07, 6.45) is 14.8. The van der Waals surface area contributed by atoms with E-state index < -0.39 is 0 Å². The molecule has 0 aliphatic carbocycles. The molecule has 0 aliphatic heterocycles. The zero-order valence-electron chi connectivity index (χ0n) is 11.5. The predicted molar refractivity (Wildman–Crippen MR) is 72.7 cm³/mol. The Hall–Kier alpha value is -0.0400. The van der Waals surface area contributed by atoms with E-state index in [2.05, 4.69) is 13.8 Å². The number of aliphatic hydroxyl groups excluding tert-OH is 1. The molecule has 0 aliphatic rings. The Labute approximate surface area is 103 Å². The summed E-state index contributed by atoms with van der Waals surface area (Å²) in [5.41, 5.74) is 0. The number of unbranched alkanes of at least 4 members (excludes halogenated alkanes) is 8. The van der Waals surface area contributed by atoms with Gasteiger partial charge in [0, 0.05) is 6.61 Å². The Morgan fingerprint density at radius 2 is 1.19 bits per heavy atom. The molecular formula is C15H32O. The maximum Gasteiger partial charge on any atom is 0.0431 e. The molecule has 0 bridgehead atoms. The summed E-state index contributed by atoms with van der Waals surface area (Å²) in [4.78, 5) is 0. The SMILES string of the molecule is CC[C@@H](C)CCCCCCCCCCCO. The van der Waals surface area contributed by atoms with E-state index in [9.17, 15) is 0 Å². The highest BCUT2D eigenvalue weighted by Crippen LogP contribution is 2.14. The molecule has 0 radical (unpaired) electrons. The summed E-state index contributed by atoms with van der Waals surface area (Å²) in [5, 5.41) is 8.63. The van der Waals surface area contributed by atoms with E-state index in [1.807, 2.05) is 0 Å². The second kappa shape index (κ2) is 13.0. The van der Waals surface area contributed by atoms with Crippen LogP contribution in [0.1, 0.15) is 84.5 Å². The molecule has 0 unspecified atom stereocenters. The van der Waals surface area contributed by atoms with Crippen LogP contribution in [-0.2, 0) is 0 Å². The molecule has 0 saturated carbocycles. The van der Waals surface area contributed by atoms with Crippen molar-refractivity contribution in [2.75, 3.05) is 6.61 Å². The van der Waals surface area contributed by atoms with Gasteiger partial charge in [0.15, 0.2) is 0 Å². The molecule has 0 fully saturated rings. The van der Waals surface area contributed by atoms with Crippen LogP contribution < -0.4 is 0 Å². The third kappa shape index (κ3) is 12.0. The van der Waals surface area contributed by atoms with Gasteiger partial charge in [-0.25, -0.2) is 0 Å². The molecule has 1 atom stereocenters. The van der Waals surface area contributed by atoms with Crippen molar-refractivity contribution in [3.05, 3.63) is 0 Å². The molecule has 16 heavy (non-hydrogen) atoms. The zero-order chi connectivity index (χ0) is 12.1. The maximum absolute atomic E-state index is 8.63. The highest BCUT2D eigenvalue weighted by molar-refractivity contribution is 4.52. The van der Waals surface area contributed by atoms with E-state index in [0.717, 1.165) is 12.3 Å². The normalized spacial score (nSPS) is 12.9. The van der Waals surface area contributed by atoms with Crippen LogP contribution in [0.3, 0.4) is 0 Å². The van der Waals surface area contributed by atoms with Gasteiger partial charge in [-0.3, -0.25) is 0 Å². The van der Waals surface area contributed by atoms with Crippen molar-refractivity contribution < 1.29 is 5.11 Å². The van der Waals surface area contributed by atoms with Crippen molar-refractivity contribution in [2.24, 2.45) is 5.92 Å². The fourth-order valence-electron chi connectivity index (χ4n) is 2.05. The lowest BCUT2D eigenvalue weighted by atomic mass is 9.99. The van der Waals surface area contributed by atoms with Gasteiger partial charge < -0.3 is 5.11 Å². The van der Waals surface area contributed by atoms with E-state index in [4.69, 9.17) is 5.11 Å². The quantitative estimate of drug-likeness (QED) is 0.470. The summed E-state index contributed by atoms with van der Waals surface area (Å²) < 4.78 is 0. The van der Waals surface area contributed by atoms with Crippen LogP contribution in [0.4, 0.5) is 0 Å². The van der Waals surface area contributed by atoms with Crippen LogP contribution in [0.25, 0.3) is 0 Å². The van der Waals surface area contributed by atoms with Crippen LogP contribution in [0.15, 0.2) is 0 Å². The van der Waals surface area contributed by atoms with Crippen LogP contribution in [0.2, 0.25) is 0 Å². The predicted octanol–water partition coefficient (Wildman–Crippen LogP) is 4.93. The lowest BCUT2D eigenvalue weighted by Crippen LogP contribution is -1.91. The van der Waals surface area contributed by atoms with Crippen LogP contribution >= 0.6 is 0 Å². The monoisotopic (exact) mass is 228 g/mol. The molecule has 1 nitrogen and oxygen atoms in total. The molecule has 98 valence electrons.